The number of benzene rings is 2. The molecular formula is C19H21FN2O2. The Morgan fingerprint density at radius 3 is 2.38 bits per heavy atom. The summed E-state index contributed by atoms with van der Waals surface area (Å²) in [7, 11) is 1.35. The predicted molar refractivity (Wildman–Crippen MR) is 93.5 cm³/mol. The van der Waals surface area contributed by atoms with Gasteiger partial charge in [0.15, 0.2) is 0 Å². The number of halogens is 1. The second kappa shape index (κ2) is 8.24. The second-order valence-corrected chi connectivity index (χ2v) is 5.64. The van der Waals surface area contributed by atoms with Gasteiger partial charge in [-0.3, -0.25) is 10.2 Å². The minimum Gasteiger partial charge on any atom is -0.469 e. The van der Waals surface area contributed by atoms with Crippen molar-refractivity contribution in [2.24, 2.45) is 11.0 Å². The molecular weight excluding hydrogens is 307 g/mol. The van der Waals surface area contributed by atoms with E-state index in [1.807, 2.05) is 31.2 Å². The molecule has 0 spiro atoms. The SMILES string of the molecule is COC(=O)C(Cc1ccc(F)cc1)/C(C)=N/Nc1ccc(C)cc1. The summed E-state index contributed by atoms with van der Waals surface area (Å²) >= 11 is 0. The number of methoxy groups -OCH3 is 1. The van der Waals surface area contributed by atoms with Crippen LogP contribution in [-0.4, -0.2) is 18.8 Å². The van der Waals surface area contributed by atoms with Crippen LogP contribution < -0.4 is 5.43 Å². The average molecular weight is 328 g/mol. The van der Waals surface area contributed by atoms with Crippen LogP contribution >= 0.6 is 0 Å². The molecule has 2 aromatic carbocycles. The average Bonchev–Trinajstić information content (AvgIpc) is 2.60. The van der Waals surface area contributed by atoms with Crippen LogP contribution in [0.1, 0.15) is 18.1 Å². The van der Waals surface area contributed by atoms with E-state index in [1.165, 1.54) is 19.2 Å². The maximum absolute atomic E-state index is 13.0. The molecule has 0 heterocycles. The Morgan fingerprint density at radius 2 is 1.79 bits per heavy atom. The number of hydrogen-bond acceptors (Lipinski definition) is 4. The molecule has 1 unspecified atom stereocenters. The zero-order valence-corrected chi connectivity index (χ0v) is 14.0. The number of carbonyl (C=O) groups is 1. The van der Waals surface area contributed by atoms with Gasteiger partial charge in [-0.1, -0.05) is 29.8 Å². The molecule has 126 valence electrons. The van der Waals surface area contributed by atoms with Crippen molar-refractivity contribution in [1.82, 2.24) is 0 Å². The van der Waals surface area contributed by atoms with Crippen molar-refractivity contribution in [2.45, 2.75) is 20.3 Å². The number of hydrogen-bond donors (Lipinski definition) is 1. The molecule has 5 heteroatoms. The van der Waals surface area contributed by atoms with E-state index < -0.39 is 5.92 Å². The third kappa shape index (κ3) is 4.91. The zero-order valence-electron chi connectivity index (χ0n) is 14.0. The molecule has 0 bridgehead atoms. The Balaban J connectivity index is 2.13. The van der Waals surface area contributed by atoms with Gasteiger partial charge < -0.3 is 4.74 Å². The minimum absolute atomic E-state index is 0.306. The summed E-state index contributed by atoms with van der Waals surface area (Å²) in [6.07, 6.45) is 0.401. The number of nitrogens with zero attached hydrogens (tertiary/aromatic N) is 1. The third-order valence-electron chi connectivity index (χ3n) is 3.76. The molecule has 1 N–H and O–H groups in total. The first-order valence-corrected chi connectivity index (χ1v) is 7.68. The van der Waals surface area contributed by atoms with Crippen molar-refractivity contribution in [3.63, 3.8) is 0 Å². The van der Waals surface area contributed by atoms with Crippen LogP contribution in [-0.2, 0) is 16.0 Å². The van der Waals surface area contributed by atoms with Gasteiger partial charge in [-0.2, -0.15) is 5.10 Å². The van der Waals surface area contributed by atoms with Gasteiger partial charge in [0.2, 0.25) is 0 Å². The van der Waals surface area contributed by atoms with Crippen LogP contribution in [0, 0.1) is 18.7 Å². The lowest BCUT2D eigenvalue weighted by atomic mass is 9.95. The molecule has 2 aromatic rings. The predicted octanol–water partition coefficient (Wildman–Crippen LogP) is 3.95. The molecule has 0 aliphatic heterocycles. The molecule has 0 aliphatic carbocycles. The highest BCUT2D eigenvalue weighted by Gasteiger charge is 2.23. The molecule has 0 amide bonds. The van der Waals surface area contributed by atoms with Crippen LogP contribution in [0.4, 0.5) is 10.1 Å². The third-order valence-corrected chi connectivity index (χ3v) is 3.76. The lowest BCUT2D eigenvalue weighted by Gasteiger charge is -2.15. The summed E-state index contributed by atoms with van der Waals surface area (Å²) in [6.45, 7) is 3.78. The van der Waals surface area contributed by atoms with Crippen LogP contribution in [0.5, 0.6) is 0 Å². The van der Waals surface area contributed by atoms with Gasteiger partial charge in [-0.25, -0.2) is 4.39 Å². The Morgan fingerprint density at radius 1 is 1.17 bits per heavy atom. The van der Waals surface area contributed by atoms with Crippen LogP contribution in [0.2, 0.25) is 0 Å². The second-order valence-electron chi connectivity index (χ2n) is 5.64. The summed E-state index contributed by atoms with van der Waals surface area (Å²) in [4.78, 5) is 12.1. The van der Waals surface area contributed by atoms with E-state index in [2.05, 4.69) is 10.5 Å². The number of esters is 1. The fraction of sp³-hybridized carbons (Fsp3) is 0.263. The molecule has 24 heavy (non-hydrogen) atoms. The summed E-state index contributed by atoms with van der Waals surface area (Å²) < 4.78 is 17.9. The molecule has 1 atom stereocenters. The van der Waals surface area contributed by atoms with Crippen LogP contribution in [0.15, 0.2) is 53.6 Å². The number of carbonyl (C=O) groups excluding carboxylic acids is 1. The Labute approximate surface area is 141 Å². The summed E-state index contributed by atoms with van der Waals surface area (Å²) in [5.41, 5.74) is 6.39. The Hall–Kier alpha value is -2.69. The number of rotatable bonds is 6. The summed E-state index contributed by atoms with van der Waals surface area (Å²) in [5, 5.41) is 4.30. The lowest BCUT2D eigenvalue weighted by molar-refractivity contribution is -0.143. The normalized spacial score (nSPS) is 12.6. The van der Waals surface area contributed by atoms with Crippen molar-refractivity contribution in [1.29, 1.82) is 0 Å². The number of ether oxygens (including phenoxy) is 1. The largest absolute Gasteiger partial charge is 0.469 e. The van der Waals surface area contributed by atoms with Crippen LogP contribution in [0.25, 0.3) is 0 Å². The van der Waals surface area contributed by atoms with Gasteiger partial charge in [0.25, 0.3) is 0 Å². The maximum atomic E-state index is 13.0. The van der Waals surface area contributed by atoms with Crippen molar-refractivity contribution < 1.29 is 13.9 Å². The highest BCUT2D eigenvalue weighted by molar-refractivity contribution is 6.01. The molecule has 0 aliphatic rings. The highest BCUT2D eigenvalue weighted by Crippen LogP contribution is 2.15. The van der Waals surface area contributed by atoms with Gasteiger partial charge in [0, 0.05) is 5.71 Å². The molecule has 0 fully saturated rings. The molecule has 4 nitrogen and oxygen atoms in total. The van der Waals surface area contributed by atoms with Crippen LogP contribution in [0.3, 0.4) is 0 Å². The van der Waals surface area contributed by atoms with Gasteiger partial charge in [-0.05, 0) is 50.1 Å². The number of nitrogens with one attached hydrogen (secondary N) is 1. The van der Waals surface area contributed by atoms with Crippen molar-refractivity contribution in [3.8, 4) is 0 Å². The molecule has 2 rings (SSSR count). The highest BCUT2D eigenvalue weighted by atomic mass is 19.1. The van der Waals surface area contributed by atoms with E-state index in [4.69, 9.17) is 4.74 Å². The Bertz CT molecular complexity index is 709. The minimum atomic E-state index is -0.529. The lowest BCUT2D eigenvalue weighted by Crippen LogP contribution is -2.26. The summed E-state index contributed by atoms with van der Waals surface area (Å²) in [5.74, 6) is -1.20. The van der Waals surface area contributed by atoms with E-state index in [-0.39, 0.29) is 11.8 Å². The number of hydrazone groups is 1. The van der Waals surface area contributed by atoms with Crippen molar-refractivity contribution >= 4 is 17.4 Å². The monoisotopic (exact) mass is 328 g/mol. The quantitative estimate of drug-likeness (QED) is 0.496. The maximum Gasteiger partial charge on any atom is 0.314 e. The van der Waals surface area contributed by atoms with E-state index >= 15 is 0 Å². The van der Waals surface area contributed by atoms with E-state index in [0.717, 1.165) is 16.8 Å². The van der Waals surface area contributed by atoms with E-state index in [1.54, 1.807) is 19.1 Å². The molecule has 0 radical (unpaired) electrons. The number of anilines is 1. The first kappa shape index (κ1) is 17.7. The van der Waals surface area contributed by atoms with Gasteiger partial charge in [0.05, 0.1) is 12.8 Å². The zero-order chi connectivity index (χ0) is 17.5. The molecule has 0 aromatic heterocycles. The Kier molecular flexibility index (Phi) is 6.07. The van der Waals surface area contributed by atoms with Crippen molar-refractivity contribution in [3.05, 3.63) is 65.5 Å². The molecule has 0 saturated carbocycles. The van der Waals surface area contributed by atoms with Crippen molar-refractivity contribution in [2.75, 3.05) is 12.5 Å². The fourth-order valence-corrected chi connectivity index (χ4v) is 2.26. The van der Waals surface area contributed by atoms with Gasteiger partial charge in [0.1, 0.15) is 11.7 Å². The van der Waals surface area contributed by atoms with E-state index in [0.29, 0.717) is 12.1 Å². The smallest absolute Gasteiger partial charge is 0.314 e. The first-order valence-electron chi connectivity index (χ1n) is 7.68. The number of aryl methyl sites for hydroxylation is 1. The standard InChI is InChI=1S/C19H21FN2O2/c1-13-4-10-17(11-5-13)22-21-14(2)18(19(23)24-3)12-15-6-8-16(20)9-7-15/h4-11,18,22H,12H2,1-3H3/b21-14+. The van der Waals surface area contributed by atoms with E-state index in [9.17, 15) is 9.18 Å². The van der Waals surface area contributed by atoms with Gasteiger partial charge in [-0.15, -0.1) is 0 Å². The van der Waals surface area contributed by atoms with Gasteiger partial charge >= 0.3 is 5.97 Å². The fourth-order valence-electron chi connectivity index (χ4n) is 2.26. The summed E-state index contributed by atoms with van der Waals surface area (Å²) in [6, 6.07) is 13.9. The topological polar surface area (TPSA) is 50.7 Å². The molecule has 0 saturated heterocycles. The first-order chi connectivity index (χ1) is 11.5.